The first-order valence-electron chi connectivity index (χ1n) is 7.53. The third-order valence-corrected chi connectivity index (χ3v) is 5.19. The maximum absolute atomic E-state index is 12.3. The largest absolute Gasteiger partial charge is 0.216 e. The van der Waals surface area contributed by atoms with Gasteiger partial charge in [-0.15, -0.1) is 0 Å². The Balaban J connectivity index is 1.72. The van der Waals surface area contributed by atoms with Gasteiger partial charge in [-0.25, -0.2) is 13.1 Å². The van der Waals surface area contributed by atoms with Crippen LogP contribution in [0.4, 0.5) is 0 Å². The predicted molar refractivity (Wildman–Crippen MR) is 94.6 cm³/mol. The molecule has 0 bridgehead atoms. The van der Waals surface area contributed by atoms with Crippen molar-refractivity contribution in [2.24, 2.45) is 0 Å². The van der Waals surface area contributed by atoms with Gasteiger partial charge >= 0.3 is 0 Å². The second-order valence-corrected chi connectivity index (χ2v) is 7.50. The van der Waals surface area contributed by atoms with E-state index in [1.54, 1.807) is 0 Å². The highest BCUT2D eigenvalue weighted by Gasteiger charge is 2.12. The van der Waals surface area contributed by atoms with E-state index in [-0.39, 0.29) is 5.75 Å². The zero-order valence-electron chi connectivity index (χ0n) is 13.0. The molecule has 0 amide bonds. The molecule has 0 unspecified atom stereocenters. The zero-order valence-corrected chi connectivity index (χ0v) is 13.8. The number of nitrogens with one attached hydrogen (secondary N) is 1. The molecule has 0 fully saturated rings. The van der Waals surface area contributed by atoms with Crippen LogP contribution < -0.4 is 4.72 Å². The Labute approximate surface area is 137 Å². The molecule has 23 heavy (non-hydrogen) atoms. The molecule has 0 aliphatic heterocycles. The first-order chi connectivity index (χ1) is 11.0. The maximum atomic E-state index is 12.3. The summed E-state index contributed by atoms with van der Waals surface area (Å²) in [6.45, 7) is 2.23. The minimum absolute atomic E-state index is 0.00720. The van der Waals surface area contributed by atoms with Crippen LogP contribution in [0.3, 0.4) is 0 Å². The summed E-state index contributed by atoms with van der Waals surface area (Å²) in [5.41, 5.74) is 2.78. The third-order valence-electron chi connectivity index (χ3n) is 3.92. The molecular formula is C19H19NO2S. The Hall–Kier alpha value is -2.17. The average Bonchev–Trinajstić information content (AvgIpc) is 2.55. The number of sulfonamides is 1. The minimum Gasteiger partial charge on any atom is -0.212 e. The molecule has 0 radical (unpaired) electrons. The van der Waals surface area contributed by atoms with E-state index >= 15 is 0 Å². The molecule has 3 nitrogen and oxygen atoms in total. The highest BCUT2D eigenvalue weighted by molar-refractivity contribution is 7.88. The maximum Gasteiger partial charge on any atom is 0.216 e. The van der Waals surface area contributed by atoms with Crippen molar-refractivity contribution in [2.45, 2.75) is 19.2 Å². The van der Waals surface area contributed by atoms with Gasteiger partial charge in [0.25, 0.3) is 0 Å². The lowest BCUT2D eigenvalue weighted by molar-refractivity contribution is 0.580. The van der Waals surface area contributed by atoms with Gasteiger partial charge in [-0.05, 0) is 40.5 Å². The van der Waals surface area contributed by atoms with Crippen molar-refractivity contribution in [3.05, 3.63) is 83.4 Å². The fraction of sp³-hybridized carbons (Fsp3) is 0.158. The van der Waals surface area contributed by atoms with E-state index < -0.39 is 10.0 Å². The molecule has 3 aromatic carbocycles. The molecule has 0 saturated carbocycles. The van der Waals surface area contributed by atoms with E-state index in [0.717, 1.165) is 27.5 Å². The van der Waals surface area contributed by atoms with E-state index in [1.807, 2.05) is 73.7 Å². The summed E-state index contributed by atoms with van der Waals surface area (Å²) < 4.78 is 27.2. The number of aryl methyl sites for hydroxylation is 1. The van der Waals surface area contributed by atoms with E-state index in [0.29, 0.717) is 6.54 Å². The molecule has 1 N–H and O–H groups in total. The van der Waals surface area contributed by atoms with Gasteiger partial charge in [0, 0.05) is 6.54 Å². The summed E-state index contributed by atoms with van der Waals surface area (Å²) in [7, 11) is -3.36. The molecule has 0 aliphatic carbocycles. The van der Waals surface area contributed by atoms with Gasteiger partial charge in [0.15, 0.2) is 0 Å². The van der Waals surface area contributed by atoms with Gasteiger partial charge in [-0.3, -0.25) is 0 Å². The minimum atomic E-state index is -3.36. The molecule has 0 aromatic heterocycles. The molecule has 0 heterocycles. The smallest absolute Gasteiger partial charge is 0.212 e. The molecular weight excluding hydrogens is 306 g/mol. The number of hydrogen-bond donors (Lipinski definition) is 1. The lowest BCUT2D eigenvalue weighted by Gasteiger charge is -2.09. The lowest BCUT2D eigenvalue weighted by Crippen LogP contribution is -2.25. The van der Waals surface area contributed by atoms with Crippen LogP contribution in [0, 0.1) is 6.92 Å². The summed E-state index contributed by atoms with van der Waals surface area (Å²) in [6.07, 6.45) is 0. The normalized spacial score (nSPS) is 11.7. The lowest BCUT2D eigenvalue weighted by atomic mass is 10.1. The van der Waals surface area contributed by atoms with Crippen LogP contribution in [0.1, 0.15) is 16.7 Å². The van der Waals surface area contributed by atoms with Crippen molar-refractivity contribution >= 4 is 20.8 Å². The van der Waals surface area contributed by atoms with Crippen LogP contribution in [0.25, 0.3) is 10.8 Å². The molecule has 0 saturated heterocycles. The molecule has 0 atom stereocenters. The zero-order chi connectivity index (χ0) is 16.3. The van der Waals surface area contributed by atoms with Gasteiger partial charge < -0.3 is 0 Å². The first-order valence-corrected chi connectivity index (χ1v) is 9.18. The molecule has 4 heteroatoms. The Morgan fingerprint density at radius 2 is 1.57 bits per heavy atom. The SMILES string of the molecule is Cc1ccccc1CS(=O)(=O)NCc1ccc2ccccc2c1. The molecule has 118 valence electrons. The summed E-state index contributed by atoms with van der Waals surface area (Å²) in [4.78, 5) is 0. The number of hydrogen-bond acceptors (Lipinski definition) is 2. The van der Waals surface area contributed by atoms with Crippen molar-refractivity contribution in [3.63, 3.8) is 0 Å². The van der Waals surface area contributed by atoms with Crippen molar-refractivity contribution in [1.29, 1.82) is 0 Å². The van der Waals surface area contributed by atoms with Crippen molar-refractivity contribution in [3.8, 4) is 0 Å². The quantitative estimate of drug-likeness (QED) is 0.776. The molecule has 0 aliphatic rings. The molecule has 0 spiro atoms. The van der Waals surface area contributed by atoms with Gasteiger partial charge in [0.05, 0.1) is 5.75 Å². The first kappa shape index (κ1) is 15.7. The third kappa shape index (κ3) is 3.97. The predicted octanol–water partition coefficient (Wildman–Crippen LogP) is 3.77. The van der Waals surface area contributed by atoms with E-state index in [2.05, 4.69) is 4.72 Å². The summed E-state index contributed by atoms with van der Waals surface area (Å²) in [6, 6.07) is 21.6. The second-order valence-electron chi connectivity index (χ2n) is 5.69. The van der Waals surface area contributed by atoms with Crippen LogP contribution in [-0.4, -0.2) is 8.42 Å². The topological polar surface area (TPSA) is 46.2 Å². The number of benzene rings is 3. The highest BCUT2D eigenvalue weighted by atomic mass is 32.2. The van der Waals surface area contributed by atoms with E-state index in [9.17, 15) is 8.42 Å². The standard InChI is InChI=1S/C19H19NO2S/c1-15-6-2-3-9-19(15)14-23(21,22)20-13-16-10-11-17-7-4-5-8-18(17)12-16/h2-12,20H,13-14H2,1H3. The van der Waals surface area contributed by atoms with E-state index in [4.69, 9.17) is 0 Å². The van der Waals surface area contributed by atoms with Crippen LogP contribution >= 0.6 is 0 Å². The van der Waals surface area contributed by atoms with Crippen molar-refractivity contribution in [2.75, 3.05) is 0 Å². The summed E-state index contributed by atoms with van der Waals surface area (Å²) >= 11 is 0. The fourth-order valence-electron chi connectivity index (χ4n) is 2.57. The average molecular weight is 325 g/mol. The van der Waals surface area contributed by atoms with Gasteiger partial charge in [-0.1, -0.05) is 60.7 Å². The van der Waals surface area contributed by atoms with Gasteiger partial charge in [0.2, 0.25) is 10.0 Å². The Morgan fingerprint density at radius 3 is 2.35 bits per heavy atom. The van der Waals surface area contributed by atoms with Gasteiger partial charge in [0.1, 0.15) is 0 Å². The Kier molecular flexibility index (Phi) is 4.46. The monoisotopic (exact) mass is 325 g/mol. The summed E-state index contributed by atoms with van der Waals surface area (Å²) in [5, 5.41) is 2.27. The second kappa shape index (κ2) is 6.52. The van der Waals surface area contributed by atoms with Crippen LogP contribution in [0.5, 0.6) is 0 Å². The Bertz CT molecular complexity index is 933. The van der Waals surface area contributed by atoms with Crippen molar-refractivity contribution < 1.29 is 8.42 Å². The fourth-order valence-corrected chi connectivity index (χ4v) is 3.79. The molecule has 3 aromatic rings. The number of fused-ring (bicyclic) bond motifs is 1. The molecule has 3 rings (SSSR count). The highest BCUT2D eigenvalue weighted by Crippen LogP contribution is 2.16. The van der Waals surface area contributed by atoms with Crippen LogP contribution in [-0.2, 0) is 22.3 Å². The number of rotatable bonds is 5. The summed E-state index contributed by atoms with van der Waals surface area (Å²) in [5.74, 6) is 0.00720. The van der Waals surface area contributed by atoms with Crippen LogP contribution in [0.2, 0.25) is 0 Å². The van der Waals surface area contributed by atoms with Gasteiger partial charge in [-0.2, -0.15) is 0 Å². The Morgan fingerprint density at radius 1 is 0.870 bits per heavy atom. The van der Waals surface area contributed by atoms with Crippen LogP contribution in [0.15, 0.2) is 66.7 Å². The van der Waals surface area contributed by atoms with Crippen molar-refractivity contribution in [1.82, 2.24) is 4.72 Å². The van der Waals surface area contributed by atoms with E-state index in [1.165, 1.54) is 0 Å².